The van der Waals surface area contributed by atoms with Crippen LogP contribution in [0.5, 0.6) is 0 Å². The largest absolute Gasteiger partial charge is 0.503 e. The standard InChI is InChI=1S/C7H14.2CH2O3/c1-7-5-3-2-4-6-7;2*2-1(3)4/h7H,2-6H2,1H3;2*(H2,2,3,4). The summed E-state index contributed by atoms with van der Waals surface area (Å²) in [6.45, 7) is 2.36. The maximum atomic E-state index is 8.56. The van der Waals surface area contributed by atoms with Gasteiger partial charge in [0.2, 0.25) is 0 Å². The molecule has 1 aliphatic rings. The van der Waals surface area contributed by atoms with Crippen molar-refractivity contribution < 1.29 is 30.0 Å². The van der Waals surface area contributed by atoms with Gasteiger partial charge in [0.25, 0.3) is 0 Å². The Kier molecular flexibility index (Phi) is 11.3. The van der Waals surface area contributed by atoms with Crippen molar-refractivity contribution in [1.29, 1.82) is 0 Å². The number of carbonyl (C=O) groups is 2. The Morgan fingerprint density at radius 1 is 0.867 bits per heavy atom. The van der Waals surface area contributed by atoms with E-state index in [4.69, 9.17) is 30.0 Å². The maximum absolute atomic E-state index is 8.56. The molecule has 90 valence electrons. The number of carboxylic acid groups (broad SMARTS) is 4. The van der Waals surface area contributed by atoms with Crippen LogP contribution in [0.2, 0.25) is 0 Å². The minimum Gasteiger partial charge on any atom is -0.450 e. The van der Waals surface area contributed by atoms with Crippen LogP contribution in [-0.2, 0) is 0 Å². The summed E-state index contributed by atoms with van der Waals surface area (Å²) in [5, 5.41) is 27.9. The van der Waals surface area contributed by atoms with E-state index < -0.39 is 12.3 Å². The van der Waals surface area contributed by atoms with Gasteiger partial charge in [-0.25, -0.2) is 9.59 Å². The van der Waals surface area contributed by atoms with Crippen LogP contribution < -0.4 is 0 Å². The molecule has 0 aliphatic heterocycles. The first-order chi connectivity index (χ1) is 6.86. The molecule has 0 atom stereocenters. The number of hydrogen-bond acceptors (Lipinski definition) is 2. The van der Waals surface area contributed by atoms with Gasteiger partial charge in [-0.2, -0.15) is 0 Å². The summed E-state index contributed by atoms with van der Waals surface area (Å²) < 4.78 is 0. The van der Waals surface area contributed by atoms with Gasteiger partial charge < -0.3 is 20.4 Å². The Bertz CT molecular complexity index is 153. The second-order valence-electron chi connectivity index (χ2n) is 3.31. The van der Waals surface area contributed by atoms with E-state index in [1.54, 1.807) is 0 Å². The number of rotatable bonds is 0. The third kappa shape index (κ3) is 32.6. The van der Waals surface area contributed by atoms with Gasteiger partial charge in [-0.3, -0.25) is 0 Å². The average Bonchev–Trinajstić information content (AvgIpc) is 2.03. The molecular formula is C9H18O6. The highest BCUT2D eigenvalue weighted by Crippen LogP contribution is 2.21. The zero-order valence-corrected chi connectivity index (χ0v) is 8.72. The fourth-order valence-electron chi connectivity index (χ4n) is 1.31. The second-order valence-corrected chi connectivity index (χ2v) is 3.31. The predicted molar refractivity (Wildman–Crippen MR) is 53.6 cm³/mol. The molecule has 1 rings (SSSR count). The highest BCUT2D eigenvalue weighted by atomic mass is 16.6. The Labute approximate surface area is 88.2 Å². The van der Waals surface area contributed by atoms with Crippen LogP contribution in [-0.4, -0.2) is 32.7 Å². The van der Waals surface area contributed by atoms with Gasteiger partial charge in [0.05, 0.1) is 0 Å². The zero-order chi connectivity index (χ0) is 12.3. The smallest absolute Gasteiger partial charge is 0.450 e. The van der Waals surface area contributed by atoms with Crippen LogP contribution in [0.4, 0.5) is 9.59 Å². The van der Waals surface area contributed by atoms with Crippen molar-refractivity contribution in [1.82, 2.24) is 0 Å². The molecule has 1 aliphatic carbocycles. The minimum atomic E-state index is -1.83. The molecule has 6 nitrogen and oxygen atoms in total. The highest BCUT2D eigenvalue weighted by molar-refractivity contribution is 5.53. The molecule has 0 unspecified atom stereocenters. The van der Waals surface area contributed by atoms with Crippen LogP contribution in [0.25, 0.3) is 0 Å². The van der Waals surface area contributed by atoms with E-state index in [0.717, 1.165) is 5.92 Å². The average molecular weight is 222 g/mol. The van der Waals surface area contributed by atoms with Crippen LogP contribution in [0.3, 0.4) is 0 Å². The molecule has 0 amide bonds. The molecule has 0 bridgehead atoms. The Morgan fingerprint density at radius 3 is 1.27 bits per heavy atom. The predicted octanol–water partition coefficient (Wildman–Crippen LogP) is 3.03. The first-order valence-electron chi connectivity index (χ1n) is 4.70. The summed E-state index contributed by atoms with van der Waals surface area (Å²) in [6, 6.07) is 0. The molecule has 0 saturated heterocycles. The molecule has 0 aromatic carbocycles. The van der Waals surface area contributed by atoms with Crippen LogP contribution in [0.15, 0.2) is 0 Å². The van der Waals surface area contributed by atoms with Gasteiger partial charge >= 0.3 is 12.3 Å². The molecule has 15 heavy (non-hydrogen) atoms. The first kappa shape index (κ1) is 16.0. The van der Waals surface area contributed by atoms with Crippen molar-refractivity contribution in [2.75, 3.05) is 0 Å². The van der Waals surface area contributed by atoms with Crippen molar-refractivity contribution in [3.8, 4) is 0 Å². The van der Waals surface area contributed by atoms with Crippen molar-refractivity contribution in [2.45, 2.75) is 39.0 Å². The van der Waals surface area contributed by atoms with E-state index in [1.807, 2.05) is 0 Å². The molecule has 0 aromatic heterocycles. The van der Waals surface area contributed by atoms with Gasteiger partial charge in [0, 0.05) is 0 Å². The van der Waals surface area contributed by atoms with Gasteiger partial charge in [0.1, 0.15) is 0 Å². The Morgan fingerprint density at radius 2 is 1.13 bits per heavy atom. The van der Waals surface area contributed by atoms with Crippen molar-refractivity contribution >= 4 is 12.3 Å². The molecular weight excluding hydrogens is 204 g/mol. The third-order valence-electron chi connectivity index (χ3n) is 1.89. The lowest BCUT2D eigenvalue weighted by molar-refractivity contribution is 0.135. The molecule has 0 aromatic rings. The van der Waals surface area contributed by atoms with Gasteiger partial charge in [-0.15, -0.1) is 0 Å². The van der Waals surface area contributed by atoms with E-state index in [0.29, 0.717) is 0 Å². The lowest BCUT2D eigenvalue weighted by Crippen LogP contribution is -1.99. The summed E-state index contributed by atoms with van der Waals surface area (Å²) in [4.78, 5) is 17.1. The molecule has 1 fully saturated rings. The quantitative estimate of drug-likeness (QED) is 0.500. The molecule has 0 heterocycles. The van der Waals surface area contributed by atoms with Crippen molar-refractivity contribution in [2.24, 2.45) is 5.92 Å². The van der Waals surface area contributed by atoms with Gasteiger partial charge in [-0.05, 0) is 5.92 Å². The lowest BCUT2D eigenvalue weighted by atomic mass is 9.91. The summed E-state index contributed by atoms with van der Waals surface area (Å²) in [7, 11) is 0. The van der Waals surface area contributed by atoms with E-state index in [2.05, 4.69) is 6.92 Å². The van der Waals surface area contributed by atoms with Crippen molar-refractivity contribution in [3.05, 3.63) is 0 Å². The van der Waals surface area contributed by atoms with Gasteiger partial charge in [-0.1, -0.05) is 39.0 Å². The summed E-state index contributed by atoms with van der Waals surface area (Å²) in [5.74, 6) is 1.04. The first-order valence-corrected chi connectivity index (χ1v) is 4.70. The summed E-state index contributed by atoms with van der Waals surface area (Å²) in [5.41, 5.74) is 0. The van der Waals surface area contributed by atoms with Crippen LogP contribution >= 0.6 is 0 Å². The van der Waals surface area contributed by atoms with Crippen LogP contribution in [0.1, 0.15) is 39.0 Å². The minimum absolute atomic E-state index is 1.04. The Hall–Kier alpha value is -1.46. The third-order valence-corrected chi connectivity index (χ3v) is 1.89. The monoisotopic (exact) mass is 222 g/mol. The topological polar surface area (TPSA) is 115 Å². The van der Waals surface area contributed by atoms with Crippen LogP contribution in [0, 0.1) is 5.92 Å². The molecule has 4 N–H and O–H groups in total. The molecule has 0 spiro atoms. The summed E-state index contributed by atoms with van der Waals surface area (Å²) in [6.07, 6.45) is 3.77. The van der Waals surface area contributed by atoms with Gasteiger partial charge in [0.15, 0.2) is 0 Å². The zero-order valence-electron chi connectivity index (χ0n) is 8.72. The molecule has 6 heteroatoms. The second kappa shape index (κ2) is 10.6. The Balaban J connectivity index is 0. The number of hydrogen-bond donors (Lipinski definition) is 4. The van der Waals surface area contributed by atoms with E-state index in [-0.39, 0.29) is 0 Å². The summed E-state index contributed by atoms with van der Waals surface area (Å²) >= 11 is 0. The maximum Gasteiger partial charge on any atom is 0.503 e. The van der Waals surface area contributed by atoms with E-state index >= 15 is 0 Å². The fraction of sp³-hybridized carbons (Fsp3) is 0.778. The van der Waals surface area contributed by atoms with E-state index in [9.17, 15) is 0 Å². The van der Waals surface area contributed by atoms with E-state index in [1.165, 1.54) is 32.1 Å². The van der Waals surface area contributed by atoms with Crippen molar-refractivity contribution in [3.63, 3.8) is 0 Å². The SMILES string of the molecule is CC1CCCCC1.O=C(O)O.O=C(O)O. The highest BCUT2D eigenvalue weighted by Gasteiger charge is 2.05. The normalized spacial score (nSPS) is 15.0. The lowest BCUT2D eigenvalue weighted by Gasteiger charge is -2.15. The molecule has 1 saturated carbocycles. The molecule has 0 radical (unpaired) electrons. The fourth-order valence-corrected chi connectivity index (χ4v) is 1.31.